The predicted molar refractivity (Wildman–Crippen MR) is 87.2 cm³/mol. The van der Waals surface area contributed by atoms with Gasteiger partial charge in [-0.3, -0.25) is 4.79 Å². The van der Waals surface area contributed by atoms with Crippen molar-refractivity contribution < 1.29 is 13.2 Å². The summed E-state index contributed by atoms with van der Waals surface area (Å²) in [6.07, 6.45) is 3.56. The Hall–Kier alpha value is -1.05. The lowest BCUT2D eigenvalue weighted by Gasteiger charge is -2.15. The third-order valence-corrected chi connectivity index (χ3v) is 5.25. The van der Waals surface area contributed by atoms with Crippen molar-refractivity contribution in [2.24, 2.45) is 0 Å². The first-order valence-corrected chi connectivity index (χ1v) is 9.49. The molecule has 5 nitrogen and oxygen atoms in total. The van der Waals surface area contributed by atoms with Crippen LogP contribution in [-0.4, -0.2) is 26.6 Å². The van der Waals surface area contributed by atoms with E-state index in [9.17, 15) is 13.2 Å². The summed E-state index contributed by atoms with van der Waals surface area (Å²) in [5.41, 5.74) is 0.515. The Labute approximate surface area is 130 Å². The quantitative estimate of drug-likeness (QED) is 0.754. The Bertz CT molecular complexity index is 600. The number of nitrogens with one attached hydrogen (secondary N) is 2. The summed E-state index contributed by atoms with van der Waals surface area (Å²) in [4.78, 5) is 12.2. The van der Waals surface area contributed by atoms with Crippen molar-refractivity contribution in [3.63, 3.8) is 0 Å². The van der Waals surface area contributed by atoms with Crippen molar-refractivity contribution in [3.8, 4) is 0 Å². The van der Waals surface area contributed by atoms with Crippen LogP contribution in [0, 0.1) is 0 Å². The number of benzene rings is 1. The van der Waals surface area contributed by atoms with Crippen LogP contribution < -0.4 is 10.0 Å². The van der Waals surface area contributed by atoms with Crippen LogP contribution in [0.5, 0.6) is 0 Å². The van der Waals surface area contributed by atoms with Crippen LogP contribution in [0.3, 0.4) is 0 Å². The molecule has 7 heteroatoms. The highest BCUT2D eigenvalue weighted by Gasteiger charge is 2.18. The van der Waals surface area contributed by atoms with Gasteiger partial charge in [-0.15, -0.1) is 11.8 Å². The summed E-state index contributed by atoms with van der Waals surface area (Å²) in [7, 11) is -3.58. The highest BCUT2D eigenvalue weighted by molar-refractivity contribution is 7.98. The van der Waals surface area contributed by atoms with E-state index in [0.29, 0.717) is 5.69 Å². The van der Waals surface area contributed by atoms with Gasteiger partial charge in [0.1, 0.15) is 0 Å². The van der Waals surface area contributed by atoms with E-state index in [2.05, 4.69) is 10.0 Å². The molecule has 1 aromatic carbocycles. The first kappa shape index (κ1) is 18.0. The number of thioether (sulfide) groups is 1. The molecular weight excluding hydrogens is 308 g/mol. The lowest BCUT2D eigenvalue weighted by Crippen LogP contribution is -2.32. The van der Waals surface area contributed by atoms with Gasteiger partial charge in [0.05, 0.1) is 10.6 Å². The van der Waals surface area contributed by atoms with E-state index in [-0.39, 0.29) is 16.8 Å². The van der Waals surface area contributed by atoms with E-state index in [4.69, 9.17) is 0 Å². The lowest BCUT2D eigenvalue weighted by molar-refractivity contribution is -0.114. The van der Waals surface area contributed by atoms with Crippen LogP contribution in [0.15, 0.2) is 28.0 Å². The predicted octanol–water partition coefficient (Wildman–Crippen LogP) is 2.83. The molecule has 0 aliphatic carbocycles. The Morgan fingerprint density at radius 2 is 2.05 bits per heavy atom. The Kier molecular flexibility index (Phi) is 6.70. The van der Waals surface area contributed by atoms with E-state index in [1.807, 2.05) is 20.1 Å². The topological polar surface area (TPSA) is 75.3 Å². The number of rotatable bonds is 7. The summed E-state index contributed by atoms with van der Waals surface area (Å²) in [5, 5.41) is 2.66. The normalized spacial score (nSPS) is 13.0. The van der Waals surface area contributed by atoms with Crippen LogP contribution in [0.1, 0.15) is 33.6 Å². The fourth-order valence-corrected chi connectivity index (χ4v) is 3.80. The zero-order valence-corrected chi connectivity index (χ0v) is 14.4. The molecule has 1 rings (SSSR count). The molecular formula is C14H22N2O3S2. The van der Waals surface area contributed by atoms with Crippen molar-refractivity contribution in [2.75, 3.05) is 11.6 Å². The molecule has 118 valence electrons. The van der Waals surface area contributed by atoms with Crippen LogP contribution in [0.2, 0.25) is 0 Å². The van der Waals surface area contributed by atoms with Gasteiger partial charge < -0.3 is 5.32 Å². The average molecular weight is 330 g/mol. The Morgan fingerprint density at radius 1 is 1.38 bits per heavy atom. The summed E-state index contributed by atoms with van der Waals surface area (Å²) >= 11 is 1.45. The first-order valence-electron chi connectivity index (χ1n) is 6.78. The van der Waals surface area contributed by atoms with E-state index in [1.165, 1.54) is 24.8 Å². The molecule has 2 N–H and O–H groups in total. The van der Waals surface area contributed by atoms with Crippen LogP contribution in [-0.2, 0) is 14.8 Å². The maximum atomic E-state index is 12.3. The number of anilines is 1. The SMILES string of the molecule is CCC[C@@H](C)NS(=O)(=O)c1ccc(SC)c(NC(C)=O)c1. The van der Waals surface area contributed by atoms with Crippen molar-refractivity contribution in [1.82, 2.24) is 4.72 Å². The monoisotopic (exact) mass is 330 g/mol. The third-order valence-electron chi connectivity index (χ3n) is 2.87. The minimum absolute atomic E-state index is 0.121. The van der Waals surface area contributed by atoms with Crippen molar-refractivity contribution in [1.29, 1.82) is 0 Å². The van der Waals surface area contributed by atoms with Gasteiger partial charge in [-0.25, -0.2) is 13.1 Å². The zero-order chi connectivity index (χ0) is 16.0. The Balaban J connectivity index is 3.09. The van der Waals surface area contributed by atoms with Gasteiger partial charge >= 0.3 is 0 Å². The van der Waals surface area contributed by atoms with E-state index in [0.717, 1.165) is 17.7 Å². The van der Waals surface area contributed by atoms with E-state index < -0.39 is 10.0 Å². The minimum atomic E-state index is -3.58. The molecule has 0 saturated heterocycles. The Morgan fingerprint density at radius 3 is 2.57 bits per heavy atom. The summed E-state index contributed by atoms with van der Waals surface area (Å²) < 4.78 is 27.3. The standard InChI is InChI=1S/C14H22N2O3S2/c1-5-6-10(2)16-21(18,19)12-7-8-14(20-4)13(9-12)15-11(3)17/h7-10,16H,5-6H2,1-4H3,(H,15,17)/t10-/m1/s1. The second kappa shape index (κ2) is 7.82. The van der Waals surface area contributed by atoms with E-state index >= 15 is 0 Å². The maximum absolute atomic E-state index is 12.3. The number of amides is 1. The summed E-state index contributed by atoms with van der Waals surface area (Å²) in [5.74, 6) is -0.229. The molecule has 0 saturated carbocycles. The molecule has 0 radical (unpaired) electrons. The molecule has 0 aliphatic rings. The summed E-state index contributed by atoms with van der Waals surface area (Å²) in [6, 6.07) is 4.63. The highest BCUT2D eigenvalue weighted by Crippen LogP contribution is 2.28. The van der Waals surface area contributed by atoms with Gasteiger partial charge in [0.25, 0.3) is 0 Å². The molecule has 0 unspecified atom stereocenters. The highest BCUT2D eigenvalue weighted by atomic mass is 32.2. The molecule has 1 atom stereocenters. The van der Waals surface area contributed by atoms with Crippen molar-refractivity contribution in [2.45, 2.75) is 49.4 Å². The molecule has 0 fully saturated rings. The first-order chi connectivity index (χ1) is 9.80. The fourth-order valence-electron chi connectivity index (χ4n) is 1.97. The second-order valence-electron chi connectivity index (χ2n) is 4.85. The molecule has 1 aromatic rings. The average Bonchev–Trinajstić information content (AvgIpc) is 2.37. The number of carbonyl (C=O) groups is 1. The van der Waals surface area contributed by atoms with Gasteiger partial charge in [0.15, 0.2) is 0 Å². The maximum Gasteiger partial charge on any atom is 0.240 e. The lowest BCUT2D eigenvalue weighted by atomic mass is 10.2. The molecule has 0 heterocycles. The molecule has 0 aliphatic heterocycles. The summed E-state index contributed by atoms with van der Waals surface area (Å²) in [6.45, 7) is 5.24. The van der Waals surface area contributed by atoms with Crippen molar-refractivity contribution >= 4 is 33.4 Å². The minimum Gasteiger partial charge on any atom is -0.325 e. The van der Waals surface area contributed by atoms with Gasteiger partial charge in [0.2, 0.25) is 15.9 Å². The van der Waals surface area contributed by atoms with Gasteiger partial charge in [-0.2, -0.15) is 0 Å². The third kappa shape index (κ3) is 5.33. The molecule has 0 bridgehead atoms. The van der Waals surface area contributed by atoms with Crippen molar-refractivity contribution in [3.05, 3.63) is 18.2 Å². The van der Waals surface area contributed by atoms with E-state index in [1.54, 1.807) is 12.1 Å². The molecule has 1 amide bonds. The van der Waals surface area contributed by atoms with Crippen LogP contribution >= 0.6 is 11.8 Å². The second-order valence-corrected chi connectivity index (χ2v) is 7.42. The number of hydrogen-bond donors (Lipinski definition) is 2. The molecule has 0 spiro atoms. The van der Waals surface area contributed by atoms with Crippen LogP contribution in [0.4, 0.5) is 5.69 Å². The largest absolute Gasteiger partial charge is 0.325 e. The molecule has 0 aromatic heterocycles. The number of carbonyl (C=O) groups excluding carboxylic acids is 1. The zero-order valence-electron chi connectivity index (χ0n) is 12.8. The van der Waals surface area contributed by atoms with Gasteiger partial charge in [0, 0.05) is 17.9 Å². The number of hydrogen-bond acceptors (Lipinski definition) is 4. The smallest absolute Gasteiger partial charge is 0.240 e. The molecule has 21 heavy (non-hydrogen) atoms. The number of sulfonamides is 1. The van der Waals surface area contributed by atoms with Gasteiger partial charge in [-0.1, -0.05) is 13.3 Å². The fraction of sp³-hybridized carbons (Fsp3) is 0.500. The van der Waals surface area contributed by atoms with Gasteiger partial charge in [-0.05, 0) is 37.8 Å². The van der Waals surface area contributed by atoms with Crippen LogP contribution in [0.25, 0.3) is 0 Å².